The lowest BCUT2D eigenvalue weighted by Gasteiger charge is -1.96. The van der Waals surface area contributed by atoms with Crippen molar-refractivity contribution in [2.24, 2.45) is 0 Å². The van der Waals surface area contributed by atoms with E-state index in [1.807, 2.05) is 24.3 Å². The highest BCUT2D eigenvalue weighted by molar-refractivity contribution is 6.34. The zero-order valence-electron chi connectivity index (χ0n) is 9.35. The summed E-state index contributed by atoms with van der Waals surface area (Å²) in [5, 5.41) is 4.85. The number of pyridine rings is 1. The number of halogens is 1. The average molecular weight is 254 g/mol. The average Bonchev–Trinajstić information content (AvgIpc) is 2.76. The van der Waals surface area contributed by atoms with Crippen molar-refractivity contribution in [2.75, 3.05) is 0 Å². The van der Waals surface area contributed by atoms with Gasteiger partial charge >= 0.3 is 0 Å². The first-order valence-electron chi connectivity index (χ1n) is 5.68. The highest BCUT2D eigenvalue weighted by atomic mass is 35.5. The van der Waals surface area contributed by atoms with Crippen LogP contribution in [0.15, 0.2) is 53.1 Å². The van der Waals surface area contributed by atoms with Gasteiger partial charge in [-0.15, -0.1) is 0 Å². The number of rotatable bonds is 0. The SMILES string of the molecule is Clc1nccc2c1oc1cc3ccccc3cc12. The molecule has 0 atom stereocenters. The van der Waals surface area contributed by atoms with Crippen LogP contribution in [0.5, 0.6) is 0 Å². The molecule has 0 aliphatic heterocycles. The van der Waals surface area contributed by atoms with Crippen molar-refractivity contribution in [3.63, 3.8) is 0 Å². The number of fused-ring (bicyclic) bond motifs is 4. The molecule has 2 heterocycles. The molecule has 0 saturated heterocycles. The van der Waals surface area contributed by atoms with Crippen LogP contribution in [0, 0.1) is 0 Å². The van der Waals surface area contributed by atoms with Crippen LogP contribution in [0.25, 0.3) is 32.7 Å². The fourth-order valence-electron chi connectivity index (χ4n) is 2.36. The summed E-state index contributed by atoms with van der Waals surface area (Å²) in [5.41, 5.74) is 1.50. The number of furan rings is 1. The largest absolute Gasteiger partial charge is 0.453 e. The van der Waals surface area contributed by atoms with E-state index in [9.17, 15) is 0 Å². The minimum absolute atomic E-state index is 0.410. The number of nitrogens with zero attached hydrogens (tertiary/aromatic N) is 1. The van der Waals surface area contributed by atoms with Gasteiger partial charge in [0.25, 0.3) is 0 Å². The molecule has 4 rings (SSSR count). The minimum Gasteiger partial charge on any atom is -0.453 e. The monoisotopic (exact) mass is 253 g/mol. The highest BCUT2D eigenvalue weighted by Gasteiger charge is 2.10. The van der Waals surface area contributed by atoms with Crippen molar-refractivity contribution in [3.8, 4) is 0 Å². The van der Waals surface area contributed by atoms with Crippen LogP contribution in [-0.2, 0) is 0 Å². The molecular weight excluding hydrogens is 246 g/mol. The third-order valence-electron chi connectivity index (χ3n) is 3.21. The zero-order valence-corrected chi connectivity index (χ0v) is 10.1. The Kier molecular flexibility index (Phi) is 1.91. The standard InChI is InChI=1S/C15H8ClNO/c16-15-14-11(5-6-17-15)12-7-9-3-1-2-4-10(9)8-13(12)18-14/h1-8H. The van der Waals surface area contributed by atoms with Crippen molar-refractivity contribution in [1.82, 2.24) is 4.98 Å². The smallest absolute Gasteiger partial charge is 0.172 e. The highest BCUT2D eigenvalue weighted by Crippen LogP contribution is 2.34. The molecule has 0 radical (unpaired) electrons. The van der Waals surface area contributed by atoms with Gasteiger partial charge in [-0.3, -0.25) is 0 Å². The van der Waals surface area contributed by atoms with Gasteiger partial charge in [-0.1, -0.05) is 35.9 Å². The molecule has 2 aromatic heterocycles. The predicted molar refractivity (Wildman–Crippen MR) is 74.0 cm³/mol. The maximum absolute atomic E-state index is 6.06. The lowest BCUT2D eigenvalue weighted by atomic mass is 10.1. The summed E-state index contributed by atoms with van der Waals surface area (Å²) >= 11 is 6.06. The third-order valence-corrected chi connectivity index (χ3v) is 3.48. The minimum atomic E-state index is 0.410. The summed E-state index contributed by atoms with van der Waals surface area (Å²) in [6.07, 6.45) is 1.70. The van der Waals surface area contributed by atoms with Crippen LogP contribution in [0.4, 0.5) is 0 Å². The van der Waals surface area contributed by atoms with Gasteiger partial charge in [0.15, 0.2) is 10.7 Å². The molecule has 18 heavy (non-hydrogen) atoms. The molecule has 2 aromatic carbocycles. The van der Waals surface area contributed by atoms with E-state index in [1.165, 1.54) is 5.39 Å². The molecule has 3 heteroatoms. The van der Waals surface area contributed by atoms with Crippen LogP contribution in [0.3, 0.4) is 0 Å². The first-order valence-corrected chi connectivity index (χ1v) is 6.06. The van der Waals surface area contributed by atoms with Crippen molar-refractivity contribution in [1.29, 1.82) is 0 Å². The molecule has 0 spiro atoms. The Bertz CT molecular complexity index is 895. The maximum Gasteiger partial charge on any atom is 0.172 e. The molecule has 0 aliphatic rings. The second-order valence-electron chi connectivity index (χ2n) is 4.28. The van der Waals surface area contributed by atoms with Crippen LogP contribution < -0.4 is 0 Å². The van der Waals surface area contributed by atoms with Crippen LogP contribution >= 0.6 is 11.6 Å². The third kappa shape index (κ3) is 1.27. The molecular formula is C15H8ClNO. The van der Waals surface area contributed by atoms with E-state index in [2.05, 4.69) is 23.2 Å². The number of aromatic nitrogens is 1. The van der Waals surface area contributed by atoms with Crippen LogP contribution in [0.2, 0.25) is 5.15 Å². The Labute approximate surface area is 108 Å². The molecule has 0 N–H and O–H groups in total. The van der Waals surface area contributed by atoms with Gasteiger partial charge in [0.2, 0.25) is 0 Å². The van der Waals surface area contributed by atoms with Gasteiger partial charge in [-0.2, -0.15) is 0 Å². The van der Waals surface area contributed by atoms with Crippen molar-refractivity contribution >= 4 is 44.3 Å². The first-order chi connectivity index (χ1) is 8.83. The second kappa shape index (κ2) is 3.47. The van der Waals surface area contributed by atoms with Gasteiger partial charge in [-0.25, -0.2) is 4.98 Å². The maximum atomic E-state index is 6.06. The lowest BCUT2D eigenvalue weighted by Crippen LogP contribution is -1.73. The Morgan fingerprint density at radius 2 is 1.72 bits per heavy atom. The van der Waals surface area contributed by atoms with Gasteiger partial charge < -0.3 is 4.42 Å². The van der Waals surface area contributed by atoms with E-state index in [4.69, 9.17) is 16.0 Å². The van der Waals surface area contributed by atoms with Gasteiger partial charge in [0.1, 0.15) is 5.58 Å². The molecule has 0 aliphatic carbocycles. The Hall–Kier alpha value is -2.06. The predicted octanol–water partition coefficient (Wildman–Crippen LogP) is 4.79. The van der Waals surface area contributed by atoms with E-state index in [0.29, 0.717) is 10.7 Å². The molecule has 2 nitrogen and oxygen atoms in total. The van der Waals surface area contributed by atoms with Crippen LogP contribution in [0.1, 0.15) is 0 Å². The summed E-state index contributed by atoms with van der Waals surface area (Å²) in [7, 11) is 0. The molecule has 0 amide bonds. The topological polar surface area (TPSA) is 26.0 Å². The molecule has 0 fully saturated rings. The first kappa shape index (κ1) is 9.92. The fraction of sp³-hybridized carbons (Fsp3) is 0. The summed E-state index contributed by atoms with van der Waals surface area (Å²) in [6.45, 7) is 0. The summed E-state index contributed by atoms with van der Waals surface area (Å²) in [6, 6.07) is 14.3. The van der Waals surface area contributed by atoms with E-state index in [1.54, 1.807) is 6.20 Å². The van der Waals surface area contributed by atoms with E-state index in [0.717, 1.165) is 21.7 Å². The van der Waals surface area contributed by atoms with Crippen molar-refractivity contribution in [2.45, 2.75) is 0 Å². The second-order valence-corrected chi connectivity index (χ2v) is 4.63. The van der Waals surface area contributed by atoms with Gasteiger partial charge in [-0.05, 0) is 29.0 Å². The lowest BCUT2D eigenvalue weighted by molar-refractivity contribution is 0.667. The van der Waals surface area contributed by atoms with Crippen molar-refractivity contribution < 1.29 is 4.42 Å². The summed E-state index contributed by atoms with van der Waals surface area (Å²) in [5.74, 6) is 0. The normalized spacial score (nSPS) is 11.6. The fourth-order valence-corrected chi connectivity index (χ4v) is 2.55. The quantitative estimate of drug-likeness (QED) is 0.421. The molecule has 0 bridgehead atoms. The molecule has 0 unspecified atom stereocenters. The number of hydrogen-bond acceptors (Lipinski definition) is 2. The van der Waals surface area contributed by atoms with Crippen LogP contribution in [-0.4, -0.2) is 4.98 Å². The van der Waals surface area contributed by atoms with E-state index < -0.39 is 0 Å². The molecule has 86 valence electrons. The Balaban J connectivity index is 2.27. The molecule has 4 aromatic rings. The van der Waals surface area contributed by atoms with E-state index >= 15 is 0 Å². The van der Waals surface area contributed by atoms with Gasteiger partial charge in [0, 0.05) is 17.0 Å². The number of hydrogen-bond donors (Lipinski definition) is 0. The Morgan fingerprint density at radius 1 is 0.944 bits per heavy atom. The van der Waals surface area contributed by atoms with Crippen molar-refractivity contribution in [3.05, 3.63) is 53.8 Å². The van der Waals surface area contributed by atoms with E-state index in [-0.39, 0.29) is 0 Å². The van der Waals surface area contributed by atoms with Gasteiger partial charge in [0.05, 0.1) is 0 Å². The zero-order chi connectivity index (χ0) is 12.1. The summed E-state index contributed by atoms with van der Waals surface area (Å²) in [4.78, 5) is 4.04. The molecule has 0 saturated carbocycles. The number of benzene rings is 2. The summed E-state index contributed by atoms with van der Waals surface area (Å²) < 4.78 is 5.80. The Morgan fingerprint density at radius 3 is 2.56 bits per heavy atom.